The second kappa shape index (κ2) is 25.1. The van der Waals surface area contributed by atoms with Gasteiger partial charge in [-0.3, -0.25) is 38.5 Å². The third kappa shape index (κ3) is 14.6. The number of Topliss-reactive ketones (excluding diaryl/α,β-unsaturated/α-hetero) is 3. The van der Waals surface area contributed by atoms with E-state index in [2.05, 4.69) is 56.5 Å². The first-order chi connectivity index (χ1) is 34.9. The predicted molar refractivity (Wildman–Crippen MR) is 264 cm³/mol. The van der Waals surface area contributed by atoms with Crippen molar-refractivity contribution in [2.75, 3.05) is 24.7 Å². The number of carbonyl (C=O) groups is 8. The van der Waals surface area contributed by atoms with Crippen LogP contribution in [0.3, 0.4) is 0 Å². The van der Waals surface area contributed by atoms with E-state index in [1.807, 2.05) is 13.8 Å². The third-order valence-corrected chi connectivity index (χ3v) is 12.3. The number of hydrogen-bond donors (Lipinski definition) is 6. The summed E-state index contributed by atoms with van der Waals surface area (Å²) < 4.78 is 5.51. The van der Waals surface area contributed by atoms with Gasteiger partial charge in [0.05, 0.1) is 37.3 Å². The van der Waals surface area contributed by atoms with Crippen molar-refractivity contribution in [2.24, 2.45) is 11.8 Å². The van der Waals surface area contributed by atoms with E-state index in [1.165, 1.54) is 31.4 Å². The fraction of sp³-hybridized carbons (Fsp3) is 0.420. The molecule has 23 heteroatoms. The van der Waals surface area contributed by atoms with Crippen molar-refractivity contribution in [1.82, 2.24) is 56.1 Å². The highest BCUT2D eigenvalue weighted by molar-refractivity contribution is 6.12. The van der Waals surface area contributed by atoms with Crippen LogP contribution >= 0.6 is 0 Å². The van der Waals surface area contributed by atoms with Crippen LogP contribution in [-0.4, -0.2) is 123 Å². The van der Waals surface area contributed by atoms with Crippen LogP contribution in [0.25, 0.3) is 22.6 Å². The van der Waals surface area contributed by atoms with Crippen molar-refractivity contribution in [2.45, 2.75) is 111 Å². The van der Waals surface area contributed by atoms with Crippen LogP contribution < -0.4 is 26.4 Å². The number of nitrogens with one attached hydrogen (secondary N) is 4. The number of unbranched alkanes of at least 4 members (excludes halogenated alkanes) is 3. The number of aryl methyl sites for hydroxylation is 1. The zero-order chi connectivity index (χ0) is 52.8. The van der Waals surface area contributed by atoms with Crippen LogP contribution in [-0.2, 0) is 41.7 Å². The second-order valence-corrected chi connectivity index (χ2v) is 18.0. The number of ketones is 3. The van der Waals surface area contributed by atoms with Crippen molar-refractivity contribution >= 4 is 69.6 Å². The highest BCUT2D eigenvalue weighted by atomic mass is 16.5. The highest BCUT2D eigenvalue weighted by Gasteiger charge is 2.29. The van der Waals surface area contributed by atoms with Gasteiger partial charge in [-0.05, 0) is 80.5 Å². The monoisotopic (exact) mass is 1000 g/mol. The third-order valence-electron chi connectivity index (χ3n) is 12.3. The molecule has 23 nitrogen and oxygen atoms in total. The smallest absolute Gasteiger partial charge is 0.326 e. The molecule has 1 aliphatic rings. The molecule has 6 rings (SSSR count). The van der Waals surface area contributed by atoms with Crippen LogP contribution in [0.15, 0.2) is 54.7 Å². The Bertz CT molecular complexity index is 2890. The zero-order valence-corrected chi connectivity index (χ0v) is 41.3. The first kappa shape index (κ1) is 54.0. The molecule has 0 saturated carbocycles. The number of methoxy groups -OCH3 is 1. The molecule has 0 fully saturated rings. The molecule has 5 aromatic rings. The van der Waals surface area contributed by atoms with Gasteiger partial charge >= 0.3 is 5.97 Å². The maximum atomic E-state index is 13.6. The van der Waals surface area contributed by atoms with E-state index in [-0.39, 0.29) is 116 Å². The lowest BCUT2D eigenvalue weighted by atomic mass is 9.88. The number of amides is 4. The summed E-state index contributed by atoms with van der Waals surface area (Å²) in [5.74, 6) is -3.44. The summed E-state index contributed by atoms with van der Waals surface area (Å²) in [6.45, 7) is 7.44. The molecule has 2 aromatic carbocycles. The number of aromatic nitrogens is 8. The summed E-state index contributed by atoms with van der Waals surface area (Å²) in [6.07, 6.45) is 6.49. The summed E-state index contributed by atoms with van der Waals surface area (Å²) >= 11 is 0. The Hall–Kier alpha value is -8.37. The number of anilines is 2. The van der Waals surface area contributed by atoms with Gasteiger partial charge in [-0.2, -0.15) is 5.21 Å². The molecule has 0 saturated heterocycles. The van der Waals surface area contributed by atoms with E-state index in [9.17, 15) is 43.5 Å². The number of aliphatic carboxylic acids is 1. The number of carboxylic acid groups (broad SMARTS) is 1. The number of rotatable bonds is 28. The minimum Gasteiger partial charge on any atom is -0.495 e. The van der Waals surface area contributed by atoms with Gasteiger partial charge < -0.3 is 31.5 Å². The fourth-order valence-electron chi connectivity index (χ4n) is 8.16. The van der Waals surface area contributed by atoms with Gasteiger partial charge in [0.2, 0.25) is 11.7 Å². The Morgan fingerprint density at radius 2 is 1.64 bits per heavy atom. The zero-order valence-electron chi connectivity index (χ0n) is 41.3. The van der Waals surface area contributed by atoms with Crippen LogP contribution in [0.1, 0.15) is 116 Å². The number of tetrazole rings is 1. The van der Waals surface area contributed by atoms with Crippen LogP contribution in [0.4, 0.5) is 11.5 Å². The molecule has 3 atom stereocenters. The van der Waals surface area contributed by atoms with Crippen LogP contribution in [0, 0.1) is 18.8 Å². The minimum atomic E-state index is -1.26. The van der Waals surface area contributed by atoms with Crippen molar-refractivity contribution in [3.05, 3.63) is 83.0 Å². The number of fused-ring (bicyclic) bond motifs is 1. The Kier molecular flexibility index (Phi) is 18.6. The molecule has 384 valence electrons. The predicted octanol–water partition coefficient (Wildman–Crippen LogP) is 4.07. The van der Waals surface area contributed by atoms with Crippen molar-refractivity contribution in [3.8, 4) is 17.1 Å². The molecule has 73 heavy (non-hydrogen) atoms. The number of hydrogen-bond acceptors (Lipinski definition) is 18. The molecule has 4 heterocycles. The van der Waals surface area contributed by atoms with E-state index in [0.29, 0.717) is 64.5 Å². The molecule has 3 aromatic heterocycles. The van der Waals surface area contributed by atoms with Crippen LogP contribution in [0.5, 0.6) is 5.75 Å². The Labute approximate surface area is 420 Å². The van der Waals surface area contributed by atoms with E-state index in [0.717, 1.165) is 4.90 Å². The molecule has 1 aliphatic heterocycles. The first-order valence-corrected chi connectivity index (χ1v) is 23.9. The SMILES string of the molecule is COc1cc(C(=O)N[C@@H](CCCCC(=O)c2ccc(CC(=O)[C@H](C)NC(=O)[C@@H](CC(=O)CCCCCN3C(=O)C=CC3=O)C(C)C)cc2-c2nn[nH]n2)C(=O)O)ccc1NCc1cnc2nc(C)nc(N)c2n1. The average Bonchev–Trinajstić information content (AvgIpc) is 4.02. The topological polar surface area (TPSA) is 337 Å². The number of nitrogens with zero attached hydrogens (tertiary/aromatic N) is 8. The maximum absolute atomic E-state index is 13.6. The lowest BCUT2D eigenvalue weighted by molar-refractivity contribution is -0.139. The van der Waals surface area contributed by atoms with E-state index in [4.69, 9.17) is 10.5 Å². The number of nitrogens with two attached hydrogens (primary N) is 1. The first-order valence-electron chi connectivity index (χ1n) is 23.9. The number of imide groups is 1. The Morgan fingerprint density at radius 1 is 0.890 bits per heavy atom. The van der Waals surface area contributed by atoms with E-state index >= 15 is 0 Å². The molecule has 0 aliphatic carbocycles. The largest absolute Gasteiger partial charge is 0.495 e. The summed E-state index contributed by atoms with van der Waals surface area (Å²) in [6, 6.07) is 7.24. The lowest BCUT2D eigenvalue weighted by Crippen LogP contribution is -2.44. The summed E-state index contributed by atoms with van der Waals surface area (Å²) in [4.78, 5) is 121. The van der Waals surface area contributed by atoms with Gasteiger partial charge in [-0.25, -0.2) is 24.7 Å². The van der Waals surface area contributed by atoms with Gasteiger partial charge in [-0.1, -0.05) is 38.8 Å². The van der Waals surface area contributed by atoms with Gasteiger partial charge in [0.15, 0.2) is 28.5 Å². The highest BCUT2D eigenvalue weighted by Crippen LogP contribution is 2.28. The number of ether oxygens (including phenoxy) is 1. The molecular formula is C50H59N13O10. The molecule has 4 amide bonds. The minimum absolute atomic E-state index is 0.00243. The second-order valence-electron chi connectivity index (χ2n) is 18.0. The Morgan fingerprint density at radius 3 is 2.34 bits per heavy atom. The van der Waals surface area contributed by atoms with Gasteiger partial charge in [0.25, 0.3) is 17.7 Å². The number of aromatic amines is 1. The quantitative estimate of drug-likeness (QED) is 0.0234. The molecular weight excluding hydrogens is 943 g/mol. The summed E-state index contributed by atoms with van der Waals surface area (Å²) in [7, 11) is 1.43. The van der Waals surface area contributed by atoms with Crippen LogP contribution in [0.2, 0.25) is 0 Å². The summed E-state index contributed by atoms with van der Waals surface area (Å²) in [5, 5.41) is 32.6. The maximum Gasteiger partial charge on any atom is 0.326 e. The molecule has 0 bridgehead atoms. The standard InChI is InChI=1S/C50H59N13O10/c1-27(2)35(24-33(64)11-7-6-10-20-63-42(67)18-19-43(63)68)49(70)54-28(3)40(66)22-30-14-16-34(36(21-30)46-59-61-62-60-46)39(65)13-9-8-12-38(50(71)72)58-48(69)31-15-17-37(41(23-31)73-5)52-25-32-26-53-47-44(57-32)45(51)55-29(4)56-47/h14-19,21,23,26-28,35,38,52H,6-13,20,22,24-25H2,1-5H3,(H,54,70)(H,58,69)(H,71,72)(H2,51,53,55,56)(H,59,60,61,62)/t28-,35-,38-/m0/s1. The Balaban J connectivity index is 0.973. The fourth-order valence-corrected chi connectivity index (χ4v) is 8.16. The molecule has 7 N–H and O–H groups in total. The van der Waals surface area contributed by atoms with E-state index in [1.54, 1.807) is 44.3 Å². The average molecular weight is 1000 g/mol. The van der Waals surface area contributed by atoms with Gasteiger partial charge in [0, 0.05) is 67.0 Å². The van der Waals surface area contributed by atoms with Gasteiger partial charge in [-0.15, -0.1) is 10.2 Å². The number of H-pyrrole nitrogens is 1. The number of carbonyl (C=O) groups excluding carboxylic acids is 7. The van der Waals surface area contributed by atoms with Crippen molar-refractivity contribution in [3.63, 3.8) is 0 Å². The molecule has 0 radical (unpaired) electrons. The molecule has 0 spiro atoms. The van der Waals surface area contributed by atoms with Crippen molar-refractivity contribution in [1.29, 1.82) is 0 Å². The normalized spacial score (nSPS) is 13.5. The van der Waals surface area contributed by atoms with Crippen molar-refractivity contribution < 1.29 is 48.2 Å². The lowest BCUT2D eigenvalue weighted by Gasteiger charge is -2.22. The number of benzene rings is 2. The van der Waals surface area contributed by atoms with Gasteiger partial charge in [0.1, 0.15) is 23.4 Å². The summed E-state index contributed by atoms with van der Waals surface area (Å²) in [5.41, 5.74) is 9.09. The van der Waals surface area contributed by atoms with E-state index < -0.39 is 35.8 Å². The molecule has 0 unspecified atom stereocenters. The number of carboxylic acids is 1. The number of nitrogen functional groups attached to an aromatic ring is 1.